The van der Waals surface area contributed by atoms with Gasteiger partial charge in [-0.25, -0.2) is 4.79 Å². The van der Waals surface area contributed by atoms with Crippen LogP contribution in [0.5, 0.6) is 0 Å². The van der Waals surface area contributed by atoms with Gasteiger partial charge in [-0.2, -0.15) is 5.10 Å². The largest absolute Gasteiger partial charge is 0.476 e. The number of carboxylic acids is 1. The molecule has 0 saturated carbocycles. The molecule has 0 spiro atoms. The molecule has 2 heterocycles. The van der Waals surface area contributed by atoms with E-state index in [0.29, 0.717) is 12.6 Å². The van der Waals surface area contributed by atoms with E-state index in [-0.39, 0.29) is 5.69 Å². The van der Waals surface area contributed by atoms with Gasteiger partial charge in [0.2, 0.25) is 0 Å². The number of nitrogens with zero attached hydrogens (tertiary/aromatic N) is 4. The molecule has 0 radical (unpaired) electrons. The Bertz CT molecular complexity index is 777. The molecule has 0 aromatic carbocycles. The number of carbonyl (C=O) groups is 1. The van der Waals surface area contributed by atoms with Crippen molar-refractivity contribution < 1.29 is 9.90 Å². The molecular weight excluding hydrogens is 316 g/mol. The lowest BCUT2D eigenvalue weighted by molar-refractivity contribution is 0.0687. The summed E-state index contributed by atoms with van der Waals surface area (Å²) in [5.41, 5.74) is 5.54. The standard InChI is InChI=1S/C19H26N4O2/c1-5-23-17-7-6-15(10-16(17)18(21-23)19(24)25)22(4)11-14-9-12(2)8-13(3)20-14/h8-9,15H,5-7,10-11H2,1-4H3,(H,24,25). The molecule has 6 heteroatoms. The summed E-state index contributed by atoms with van der Waals surface area (Å²) in [4.78, 5) is 18.5. The van der Waals surface area contributed by atoms with E-state index in [1.807, 2.05) is 18.5 Å². The summed E-state index contributed by atoms with van der Waals surface area (Å²) >= 11 is 0. The Morgan fingerprint density at radius 2 is 2.16 bits per heavy atom. The van der Waals surface area contributed by atoms with Gasteiger partial charge in [0.25, 0.3) is 0 Å². The van der Waals surface area contributed by atoms with Crippen LogP contribution in [-0.4, -0.2) is 43.8 Å². The highest BCUT2D eigenvalue weighted by Crippen LogP contribution is 2.28. The second-order valence-electron chi connectivity index (χ2n) is 6.98. The Balaban J connectivity index is 1.79. The third-order valence-electron chi connectivity index (χ3n) is 5.01. The van der Waals surface area contributed by atoms with E-state index < -0.39 is 5.97 Å². The molecule has 0 saturated heterocycles. The topological polar surface area (TPSA) is 71.2 Å². The van der Waals surface area contributed by atoms with Crippen molar-refractivity contribution in [3.8, 4) is 0 Å². The highest BCUT2D eigenvalue weighted by Gasteiger charge is 2.30. The molecule has 3 rings (SSSR count). The van der Waals surface area contributed by atoms with Gasteiger partial charge in [-0.3, -0.25) is 14.6 Å². The summed E-state index contributed by atoms with van der Waals surface area (Å²) in [5, 5.41) is 13.8. The van der Waals surface area contributed by atoms with E-state index in [1.165, 1.54) is 5.56 Å². The first kappa shape index (κ1) is 17.6. The van der Waals surface area contributed by atoms with E-state index in [4.69, 9.17) is 0 Å². The zero-order valence-corrected chi connectivity index (χ0v) is 15.4. The Morgan fingerprint density at radius 1 is 1.40 bits per heavy atom. The summed E-state index contributed by atoms with van der Waals surface area (Å²) < 4.78 is 1.85. The lowest BCUT2D eigenvalue weighted by atomic mass is 9.90. The van der Waals surface area contributed by atoms with Crippen LogP contribution in [0.2, 0.25) is 0 Å². The summed E-state index contributed by atoms with van der Waals surface area (Å²) in [6, 6.07) is 4.51. The third-order valence-corrected chi connectivity index (χ3v) is 5.01. The minimum absolute atomic E-state index is 0.222. The van der Waals surface area contributed by atoms with Crippen molar-refractivity contribution in [2.45, 2.75) is 59.2 Å². The molecular formula is C19H26N4O2. The van der Waals surface area contributed by atoms with Gasteiger partial charge in [-0.05, 0) is 64.8 Å². The Morgan fingerprint density at radius 3 is 2.80 bits per heavy atom. The van der Waals surface area contributed by atoms with Crippen LogP contribution in [0.3, 0.4) is 0 Å². The average molecular weight is 342 g/mol. The minimum Gasteiger partial charge on any atom is -0.476 e. The van der Waals surface area contributed by atoms with E-state index >= 15 is 0 Å². The average Bonchev–Trinajstić information content (AvgIpc) is 2.91. The highest BCUT2D eigenvalue weighted by atomic mass is 16.4. The summed E-state index contributed by atoms with van der Waals surface area (Å²) in [7, 11) is 2.10. The van der Waals surface area contributed by atoms with Crippen LogP contribution in [0, 0.1) is 13.8 Å². The molecule has 1 aliphatic carbocycles. The van der Waals surface area contributed by atoms with Crippen molar-refractivity contribution in [1.82, 2.24) is 19.7 Å². The lowest BCUT2D eigenvalue weighted by Crippen LogP contribution is -2.36. The van der Waals surface area contributed by atoms with E-state index in [9.17, 15) is 9.90 Å². The van der Waals surface area contributed by atoms with E-state index in [2.05, 4.69) is 41.1 Å². The Hall–Kier alpha value is -2.21. The first-order valence-corrected chi connectivity index (χ1v) is 8.85. The van der Waals surface area contributed by atoms with Crippen LogP contribution in [0.15, 0.2) is 12.1 Å². The number of hydrogen-bond acceptors (Lipinski definition) is 4. The fourth-order valence-corrected chi connectivity index (χ4v) is 3.87. The van der Waals surface area contributed by atoms with Crippen LogP contribution in [0.25, 0.3) is 0 Å². The second kappa shape index (κ2) is 6.96. The number of likely N-dealkylation sites (N-methyl/N-ethyl adjacent to an activating group) is 1. The molecule has 1 aliphatic rings. The van der Waals surface area contributed by atoms with Crippen molar-refractivity contribution in [3.63, 3.8) is 0 Å². The first-order chi connectivity index (χ1) is 11.9. The summed E-state index contributed by atoms with van der Waals surface area (Å²) in [5.74, 6) is -0.928. The molecule has 0 bridgehead atoms. The van der Waals surface area contributed by atoms with Gasteiger partial charge in [-0.15, -0.1) is 0 Å². The van der Waals surface area contributed by atoms with Crippen molar-refractivity contribution in [2.75, 3.05) is 7.05 Å². The fraction of sp³-hybridized carbons (Fsp3) is 0.526. The molecule has 2 aromatic heterocycles. The molecule has 1 N–H and O–H groups in total. The molecule has 6 nitrogen and oxygen atoms in total. The molecule has 0 aliphatic heterocycles. The number of aromatic carboxylic acids is 1. The second-order valence-corrected chi connectivity index (χ2v) is 6.98. The number of carboxylic acid groups (broad SMARTS) is 1. The predicted octanol–water partition coefficient (Wildman–Crippen LogP) is 2.60. The quantitative estimate of drug-likeness (QED) is 0.904. The van der Waals surface area contributed by atoms with Crippen LogP contribution in [-0.2, 0) is 25.9 Å². The summed E-state index contributed by atoms with van der Waals surface area (Å²) in [6.45, 7) is 7.59. The highest BCUT2D eigenvalue weighted by molar-refractivity contribution is 5.87. The van der Waals surface area contributed by atoms with Crippen molar-refractivity contribution in [1.29, 1.82) is 0 Å². The molecule has 1 atom stereocenters. The molecule has 25 heavy (non-hydrogen) atoms. The van der Waals surface area contributed by atoms with Gasteiger partial charge < -0.3 is 5.11 Å². The SMILES string of the molecule is CCn1nc(C(=O)O)c2c1CCC(N(C)Cc1cc(C)cc(C)n1)C2. The van der Waals surface area contributed by atoms with Gasteiger partial charge in [-0.1, -0.05) is 0 Å². The zero-order chi connectivity index (χ0) is 18.1. The maximum Gasteiger partial charge on any atom is 0.356 e. The smallest absolute Gasteiger partial charge is 0.356 e. The molecule has 0 amide bonds. The van der Waals surface area contributed by atoms with Crippen molar-refractivity contribution >= 4 is 5.97 Å². The van der Waals surface area contributed by atoms with Gasteiger partial charge in [0.05, 0.1) is 5.69 Å². The van der Waals surface area contributed by atoms with Crippen LogP contribution in [0.1, 0.15) is 52.0 Å². The first-order valence-electron chi connectivity index (χ1n) is 8.85. The zero-order valence-electron chi connectivity index (χ0n) is 15.4. The fourth-order valence-electron chi connectivity index (χ4n) is 3.87. The maximum atomic E-state index is 11.5. The Kier molecular flexibility index (Phi) is 4.90. The van der Waals surface area contributed by atoms with Crippen LogP contribution < -0.4 is 0 Å². The van der Waals surface area contributed by atoms with Gasteiger partial charge in [0.1, 0.15) is 0 Å². The van der Waals surface area contributed by atoms with Crippen LogP contribution >= 0.6 is 0 Å². The Labute approximate surface area is 148 Å². The van der Waals surface area contributed by atoms with Gasteiger partial charge in [0.15, 0.2) is 5.69 Å². The molecule has 0 fully saturated rings. The molecule has 1 unspecified atom stereocenters. The number of aromatic nitrogens is 3. The van der Waals surface area contributed by atoms with Gasteiger partial charge in [0, 0.05) is 36.1 Å². The summed E-state index contributed by atoms with van der Waals surface area (Å²) in [6.07, 6.45) is 2.62. The van der Waals surface area contributed by atoms with Crippen molar-refractivity contribution in [3.05, 3.63) is 46.0 Å². The lowest BCUT2D eigenvalue weighted by Gasteiger charge is -2.31. The normalized spacial score (nSPS) is 16.9. The molecule has 2 aromatic rings. The monoisotopic (exact) mass is 342 g/mol. The minimum atomic E-state index is -0.928. The van der Waals surface area contributed by atoms with E-state index in [0.717, 1.165) is 48.5 Å². The maximum absolute atomic E-state index is 11.5. The number of aryl methyl sites for hydroxylation is 3. The number of hydrogen-bond donors (Lipinski definition) is 1. The van der Waals surface area contributed by atoms with E-state index in [1.54, 1.807) is 0 Å². The van der Waals surface area contributed by atoms with Gasteiger partial charge >= 0.3 is 5.97 Å². The third kappa shape index (κ3) is 3.58. The number of fused-ring (bicyclic) bond motifs is 1. The molecule has 134 valence electrons. The number of pyridine rings is 1. The predicted molar refractivity (Wildman–Crippen MR) is 95.9 cm³/mol. The number of rotatable bonds is 5. The van der Waals surface area contributed by atoms with Crippen LogP contribution in [0.4, 0.5) is 0 Å². The van der Waals surface area contributed by atoms with Crippen molar-refractivity contribution in [2.24, 2.45) is 0 Å².